The molecule has 0 bridgehead atoms. The Bertz CT molecular complexity index is 1140. The Morgan fingerprint density at radius 1 is 1.32 bits per heavy atom. The number of carbonyl (C=O) groups is 1. The van der Waals surface area contributed by atoms with E-state index in [-0.39, 0.29) is 11.7 Å². The molecule has 3 heterocycles. The lowest BCUT2D eigenvalue weighted by Crippen LogP contribution is -2.25. The first-order chi connectivity index (χ1) is 13.5. The van der Waals surface area contributed by atoms with Gasteiger partial charge < -0.3 is 14.5 Å². The highest BCUT2D eigenvalue weighted by Gasteiger charge is 2.15. The molecule has 0 saturated carbocycles. The Morgan fingerprint density at radius 2 is 2.18 bits per heavy atom. The van der Waals surface area contributed by atoms with E-state index >= 15 is 0 Å². The van der Waals surface area contributed by atoms with Gasteiger partial charge in [0.2, 0.25) is 5.13 Å². The molecule has 1 aromatic carbocycles. The molecule has 0 unspecified atom stereocenters. The first kappa shape index (κ1) is 18.2. The third-order valence-electron chi connectivity index (χ3n) is 4.35. The predicted molar refractivity (Wildman–Crippen MR) is 108 cm³/mol. The number of rotatable bonds is 6. The maximum atomic E-state index is 12.4. The smallest absolute Gasteiger partial charge is 0.287 e. The normalized spacial score (nSPS) is 11.1. The van der Waals surface area contributed by atoms with Gasteiger partial charge in [0.15, 0.2) is 17.1 Å². The van der Waals surface area contributed by atoms with Crippen molar-refractivity contribution in [3.63, 3.8) is 0 Å². The minimum atomic E-state index is -0.257. The van der Waals surface area contributed by atoms with Crippen LogP contribution in [0.15, 0.2) is 40.1 Å². The minimum absolute atomic E-state index is 0.257. The van der Waals surface area contributed by atoms with Gasteiger partial charge in [-0.2, -0.15) is 5.10 Å². The lowest BCUT2D eigenvalue weighted by atomic mass is 10.2. The van der Waals surface area contributed by atoms with Crippen LogP contribution >= 0.6 is 11.3 Å². The van der Waals surface area contributed by atoms with Gasteiger partial charge in [-0.15, -0.1) is 11.3 Å². The van der Waals surface area contributed by atoms with Gasteiger partial charge in [0.1, 0.15) is 0 Å². The van der Waals surface area contributed by atoms with Gasteiger partial charge >= 0.3 is 0 Å². The van der Waals surface area contributed by atoms with Gasteiger partial charge in [0.05, 0.1) is 18.5 Å². The van der Waals surface area contributed by atoms with E-state index in [0.29, 0.717) is 24.3 Å². The number of aromatic nitrogens is 3. The van der Waals surface area contributed by atoms with Gasteiger partial charge in [0, 0.05) is 29.4 Å². The summed E-state index contributed by atoms with van der Waals surface area (Å²) < 4.78 is 12.8. The fraction of sp³-hybridized carbons (Fsp3) is 0.250. The number of hydrogen-bond acceptors (Lipinski definition) is 6. The molecule has 0 aliphatic rings. The van der Waals surface area contributed by atoms with Gasteiger partial charge in [-0.1, -0.05) is 12.1 Å². The summed E-state index contributed by atoms with van der Waals surface area (Å²) in [5.74, 6) is 0.615. The monoisotopic (exact) mass is 396 g/mol. The summed E-state index contributed by atoms with van der Waals surface area (Å²) in [6.07, 6.45) is 0.630. The average Bonchev–Trinajstić information content (AvgIpc) is 3.39. The SMILES string of the molecule is COc1cccc2cc(C(=O)NCCc3csc(-n4nc(C)cc4C)n3)oc12. The van der Waals surface area contributed by atoms with Crippen molar-refractivity contribution in [1.29, 1.82) is 0 Å². The summed E-state index contributed by atoms with van der Waals surface area (Å²) in [4.78, 5) is 17.0. The van der Waals surface area contributed by atoms with E-state index < -0.39 is 0 Å². The Hall–Kier alpha value is -3.13. The number of fused-ring (bicyclic) bond motifs is 1. The molecule has 0 fully saturated rings. The standard InChI is InChI=1S/C20H20N4O3S/c1-12-9-13(2)24(23-12)20-22-15(11-28-20)7-8-21-19(25)17-10-14-5-4-6-16(26-3)18(14)27-17/h4-6,9-11H,7-8H2,1-3H3,(H,21,25). The molecule has 8 heteroatoms. The lowest BCUT2D eigenvalue weighted by Gasteiger charge is -2.02. The van der Waals surface area contributed by atoms with Crippen molar-refractivity contribution in [1.82, 2.24) is 20.1 Å². The topological polar surface area (TPSA) is 82.2 Å². The summed E-state index contributed by atoms with van der Waals surface area (Å²) >= 11 is 1.54. The number of amides is 1. The van der Waals surface area contributed by atoms with Crippen LogP contribution in [0, 0.1) is 13.8 Å². The van der Waals surface area contributed by atoms with Crippen LogP contribution in [-0.2, 0) is 6.42 Å². The molecular weight excluding hydrogens is 376 g/mol. The summed E-state index contributed by atoms with van der Waals surface area (Å²) in [5.41, 5.74) is 3.50. The van der Waals surface area contributed by atoms with Crippen molar-refractivity contribution in [2.75, 3.05) is 13.7 Å². The third-order valence-corrected chi connectivity index (χ3v) is 5.21. The number of nitrogens with one attached hydrogen (secondary N) is 1. The average molecular weight is 396 g/mol. The van der Waals surface area contributed by atoms with Crippen LogP contribution < -0.4 is 10.1 Å². The van der Waals surface area contributed by atoms with Crippen molar-refractivity contribution >= 4 is 28.2 Å². The zero-order valence-corrected chi connectivity index (χ0v) is 16.7. The zero-order chi connectivity index (χ0) is 19.7. The maximum Gasteiger partial charge on any atom is 0.287 e. The largest absolute Gasteiger partial charge is 0.493 e. The lowest BCUT2D eigenvalue weighted by molar-refractivity contribution is 0.0928. The Balaban J connectivity index is 1.39. The highest BCUT2D eigenvalue weighted by atomic mass is 32.1. The van der Waals surface area contributed by atoms with E-state index in [1.54, 1.807) is 19.2 Å². The van der Waals surface area contributed by atoms with Gasteiger partial charge in [-0.3, -0.25) is 4.79 Å². The summed E-state index contributed by atoms with van der Waals surface area (Å²) in [7, 11) is 1.57. The second kappa shape index (κ2) is 7.47. The van der Waals surface area contributed by atoms with Gasteiger partial charge in [0.25, 0.3) is 5.91 Å². The zero-order valence-electron chi connectivity index (χ0n) is 15.9. The molecule has 1 amide bonds. The predicted octanol–water partition coefficient (Wildman–Crippen LogP) is 3.67. The van der Waals surface area contributed by atoms with Crippen LogP contribution in [-0.4, -0.2) is 34.3 Å². The number of hydrogen-bond donors (Lipinski definition) is 1. The Labute approximate surface area is 166 Å². The first-order valence-electron chi connectivity index (χ1n) is 8.88. The van der Waals surface area contributed by atoms with Crippen LogP contribution in [0.5, 0.6) is 5.75 Å². The number of aryl methyl sites for hydroxylation is 2. The fourth-order valence-corrected chi connectivity index (χ4v) is 3.90. The summed E-state index contributed by atoms with van der Waals surface area (Å²) in [6, 6.07) is 9.28. The molecule has 0 atom stereocenters. The summed E-state index contributed by atoms with van der Waals surface area (Å²) in [5, 5.41) is 11.0. The van der Waals surface area contributed by atoms with Gasteiger partial charge in [-0.25, -0.2) is 9.67 Å². The molecule has 0 aliphatic heterocycles. The fourth-order valence-electron chi connectivity index (χ4n) is 3.03. The van der Waals surface area contributed by atoms with Crippen LogP contribution in [0.2, 0.25) is 0 Å². The number of nitrogens with zero attached hydrogens (tertiary/aromatic N) is 3. The highest BCUT2D eigenvalue weighted by Crippen LogP contribution is 2.28. The minimum Gasteiger partial charge on any atom is -0.493 e. The second-order valence-electron chi connectivity index (χ2n) is 6.46. The Kier molecular flexibility index (Phi) is 4.87. The number of ether oxygens (including phenoxy) is 1. The second-order valence-corrected chi connectivity index (χ2v) is 7.29. The molecule has 0 saturated heterocycles. The molecule has 4 aromatic rings. The molecule has 3 aromatic heterocycles. The van der Waals surface area contributed by atoms with E-state index in [1.807, 2.05) is 42.1 Å². The van der Waals surface area contributed by atoms with E-state index in [9.17, 15) is 4.79 Å². The third kappa shape index (κ3) is 3.50. The molecule has 28 heavy (non-hydrogen) atoms. The number of thiazole rings is 1. The van der Waals surface area contributed by atoms with E-state index in [4.69, 9.17) is 9.15 Å². The molecule has 0 radical (unpaired) electrons. The van der Waals surface area contributed by atoms with Crippen molar-refractivity contribution in [3.05, 3.63) is 58.6 Å². The van der Waals surface area contributed by atoms with E-state index in [0.717, 1.165) is 27.6 Å². The van der Waals surface area contributed by atoms with E-state index in [2.05, 4.69) is 15.4 Å². The van der Waals surface area contributed by atoms with E-state index in [1.165, 1.54) is 11.3 Å². The summed E-state index contributed by atoms with van der Waals surface area (Å²) in [6.45, 7) is 4.43. The number of methoxy groups -OCH3 is 1. The van der Waals surface area contributed by atoms with Crippen LogP contribution in [0.3, 0.4) is 0 Å². The van der Waals surface area contributed by atoms with Crippen LogP contribution in [0.25, 0.3) is 16.1 Å². The molecule has 1 N–H and O–H groups in total. The number of benzene rings is 1. The van der Waals surface area contributed by atoms with Crippen molar-refractivity contribution in [2.45, 2.75) is 20.3 Å². The quantitative estimate of drug-likeness (QED) is 0.538. The molecule has 4 rings (SSSR count). The van der Waals surface area contributed by atoms with Crippen LogP contribution in [0.4, 0.5) is 0 Å². The molecule has 7 nitrogen and oxygen atoms in total. The molecule has 144 valence electrons. The van der Waals surface area contributed by atoms with Crippen molar-refractivity contribution in [2.24, 2.45) is 0 Å². The molecule has 0 spiro atoms. The number of furan rings is 1. The van der Waals surface area contributed by atoms with Crippen molar-refractivity contribution in [3.8, 4) is 10.9 Å². The number of carbonyl (C=O) groups excluding carboxylic acids is 1. The first-order valence-corrected chi connectivity index (χ1v) is 9.76. The number of para-hydroxylation sites is 1. The van der Waals surface area contributed by atoms with Crippen molar-refractivity contribution < 1.29 is 13.9 Å². The van der Waals surface area contributed by atoms with Gasteiger partial charge in [-0.05, 0) is 32.0 Å². The Morgan fingerprint density at radius 3 is 2.93 bits per heavy atom. The molecule has 0 aliphatic carbocycles. The highest BCUT2D eigenvalue weighted by molar-refractivity contribution is 7.12. The molecular formula is C20H20N4O3S. The maximum absolute atomic E-state index is 12.4. The van der Waals surface area contributed by atoms with Crippen LogP contribution in [0.1, 0.15) is 27.6 Å².